The van der Waals surface area contributed by atoms with Crippen LogP contribution in [-0.2, 0) is 4.43 Å². The third-order valence-electron chi connectivity index (χ3n) is 1.35. The average Bonchev–Trinajstić information content (AvgIpc) is 2.33. The Morgan fingerprint density at radius 2 is 2.22 bits per heavy atom. The Morgan fingerprint density at radius 1 is 1.33 bits per heavy atom. The van der Waals surface area contributed by atoms with E-state index in [9.17, 15) is 0 Å². The van der Waals surface area contributed by atoms with E-state index in [1.165, 1.54) is 15.7 Å². The molecule has 0 spiro atoms. The maximum Gasteiger partial charge on any atom is 0.0727 e. The van der Waals surface area contributed by atoms with Gasteiger partial charge in [0.05, 0.1) is 5.69 Å². The quantitative estimate of drug-likeness (QED) is 0.480. The molecule has 1 nitrogen and oxygen atoms in total. The summed E-state index contributed by atoms with van der Waals surface area (Å²) in [5, 5.41) is 0. The molecule has 0 saturated heterocycles. The summed E-state index contributed by atoms with van der Waals surface area (Å²) in [6.07, 6.45) is 0. The molecule has 0 fully saturated rings. The van der Waals surface area contributed by atoms with Crippen molar-refractivity contribution in [3.63, 3.8) is 0 Å². The first kappa shape index (κ1) is 5.53. The molecule has 0 saturated carbocycles. The van der Waals surface area contributed by atoms with E-state index in [1.54, 1.807) is 0 Å². The van der Waals surface area contributed by atoms with Crippen molar-refractivity contribution in [3.05, 3.63) is 29.8 Å². The molecular weight excluding hydrogens is 225 g/mol. The molecule has 0 atom stereocenters. The van der Waals surface area contributed by atoms with Crippen LogP contribution in [0.15, 0.2) is 27.4 Å². The fourth-order valence-electron chi connectivity index (χ4n) is 0.865. The smallest absolute Gasteiger partial charge is 0.0727 e. The van der Waals surface area contributed by atoms with Crippen molar-refractivity contribution < 1.29 is 0 Å². The van der Waals surface area contributed by atoms with Gasteiger partial charge in [-0.15, -0.1) is 0 Å². The molecule has 2 rings (SSSR count). The van der Waals surface area contributed by atoms with Crippen LogP contribution in [0.25, 0.3) is 0 Å². The van der Waals surface area contributed by atoms with E-state index < -0.39 is 0 Å². The van der Waals surface area contributed by atoms with Crippen LogP contribution in [0.4, 0.5) is 5.69 Å². The van der Waals surface area contributed by atoms with Crippen LogP contribution < -0.4 is 0 Å². The molecular formula is C7H6IN. The maximum atomic E-state index is 4.41. The van der Waals surface area contributed by atoms with Gasteiger partial charge in [0.2, 0.25) is 0 Å². The molecule has 0 amide bonds. The lowest BCUT2D eigenvalue weighted by molar-refractivity contribution is 1.44. The van der Waals surface area contributed by atoms with Crippen LogP contribution in [-0.4, -0.2) is 0 Å². The Balaban J connectivity index is 2.63. The fourth-order valence-corrected chi connectivity index (χ4v) is 2.89. The molecule has 0 N–H and O–H groups in total. The zero-order valence-corrected chi connectivity index (χ0v) is 7.00. The first-order valence-electron chi connectivity index (χ1n) is 2.84. The number of halogens is 1. The zero-order valence-electron chi connectivity index (χ0n) is 4.84. The minimum atomic E-state index is 0.137. The molecule has 2 heteroatoms. The standard InChI is InChI=1S/C7H6IN/c1-2-4-7-6(3-1)5-8-9-7/h1-4H,5H2. The van der Waals surface area contributed by atoms with E-state index in [0.29, 0.717) is 0 Å². The van der Waals surface area contributed by atoms with Gasteiger partial charge < -0.3 is 0 Å². The van der Waals surface area contributed by atoms with Gasteiger partial charge in [-0.25, -0.2) is 3.15 Å². The predicted molar refractivity (Wildman–Crippen MR) is 46.3 cm³/mol. The molecule has 0 aliphatic carbocycles. The van der Waals surface area contributed by atoms with Crippen molar-refractivity contribution in [1.29, 1.82) is 0 Å². The second-order valence-electron chi connectivity index (χ2n) is 1.97. The topological polar surface area (TPSA) is 12.4 Å². The molecule has 0 unspecified atom stereocenters. The summed E-state index contributed by atoms with van der Waals surface area (Å²) < 4.78 is 5.65. The highest BCUT2D eigenvalue weighted by molar-refractivity contribution is 14.1. The molecule has 1 aromatic rings. The number of hydrogen-bond acceptors (Lipinski definition) is 1. The Hall–Kier alpha value is -0.250. The fraction of sp³-hybridized carbons (Fsp3) is 0.143. The molecule has 0 aromatic heterocycles. The first-order valence-corrected chi connectivity index (χ1v) is 5.33. The van der Waals surface area contributed by atoms with Crippen molar-refractivity contribution in [2.75, 3.05) is 0 Å². The highest BCUT2D eigenvalue weighted by Gasteiger charge is 2.02. The van der Waals surface area contributed by atoms with Gasteiger partial charge in [-0.2, -0.15) is 0 Å². The summed E-state index contributed by atoms with van der Waals surface area (Å²) in [5.74, 6) is 0. The van der Waals surface area contributed by atoms with Crippen molar-refractivity contribution in [2.45, 2.75) is 4.43 Å². The second-order valence-corrected chi connectivity index (χ2v) is 3.89. The van der Waals surface area contributed by atoms with Gasteiger partial charge in [-0.1, -0.05) is 18.2 Å². The predicted octanol–water partition coefficient (Wildman–Crippen LogP) is 2.99. The van der Waals surface area contributed by atoms with Crippen LogP contribution in [0.5, 0.6) is 0 Å². The van der Waals surface area contributed by atoms with Crippen LogP contribution in [0.3, 0.4) is 0 Å². The maximum absolute atomic E-state index is 4.41. The minimum absolute atomic E-state index is 0.137. The number of fused-ring (bicyclic) bond motifs is 1. The summed E-state index contributed by atoms with van der Waals surface area (Å²) in [7, 11) is 0. The molecule has 0 radical (unpaired) electrons. The zero-order chi connectivity index (χ0) is 6.10. The lowest BCUT2D eigenvalue weighted by Crippen LogP contribution is -1.70. The summed E-state index contributed by atoms with van der Waals surface area (Å²) in [6.45, 7) is 0. The van der Waals surface area contributed by atoms with Crippen molar-refractivity contribution in [1.82, 2.24) is 0 Å². The summed E-state index contributed by atoms with van der Waals surface area (Å²) in [4.78, 5) is 0. The van der Waals surface area contributed by atoms with Gasteiger partial charge in [0.1, 0.15) is 0 Å². The second kappa shape index (κ2) is 2.17. The first-order chi connectivity index (χ1) is 4.47. The van der Waals surface area contributed by atoms with E-state index in [4.69, 9.17) is 0 Å². The third-order valence-corrected chi connectivity index (χ3v) is 3.37. The molecule has 1 aromatic carbocycles. The Bertz CT molecular complexity index is 255. The highest BCUT2D eigenvalue weighted by atomic mass is 127. The number of nitrogens with zero attached hydrogens (tertiary/aromatic N) is 1. The molecule has 1 aliphatic heterocycles. The van der Waals surface area contributed by atoms with Gasteiger partial charge in [-0.05, 0) is 32.7 Å². The van der Waals surface area contributed by atoms with Gasteiger partial charge in [0, 0.05) is 4.43 Å². The van der Waals surface area contributed by atoms with Gasteiger partial charge in [0.25, 0.3) is 0 Å². The Labute approximate surface area is 64.3 Å². The molecule has 46 valence electrons. The third kappa shape index (κ3) is 0.913. The van der Waals surface area contributed by atoms with Crippen LogP contribution in [0.2, 0.25) is 0 Å². The Kier molecular flexibility index (Phi) is 1.33. The molecule has 1 aliphatic rings. The van der Waals surface area contributed by atoms with Crippen LogP contribution in [0.1, 0.15) is 5.56 Å². The van der Waals surface area contributed by atoms with E-state index in [-0.39, 0.29) is 21.0 Å². The van der Waals surface area contributed by atoms with Gasteiger partial charge in [-0.3, -0.25) is 0 Å². The van der Waals surface area contributed by atoms with Crippen molar-refractivity contribution in [2.24, 2.45) is 3.15 Å². The SMILES string of the molecule is c1ccc2c(c1)CI=N2. The normalized spacial score (nSPS) is 14.7. The van der Waals surface area contributed by atoms with E-state index in [1.807, 2.05) is 0 Å². The van der Waals surface area contributed by atoms with Gasteiger partial charge >= 0.3 is 0 Å². The average molecular weight is 231 g/mol. The van der Waals surface area contributed by atoms with Crippen molar-refractivity contribution in [3.8, 4) is 0 Å². The van der Waals surface area contributed by atoms with E-state index in [0.717, 1.165) is 0 Å². The number of rotatable bonds is 0. The largest absolute Gasteiger partial charge is 0.226 e. The minimum Gasteiger partial charge on any atom is -0.226 e. The lowest BCUT2D eigenvalue weighted by atomic mass is 10.2. The number of alkyl halides is 1. The summed E-state index contributed by atoms with van der Waals surface area (Å²) >= 11 is 0.137. The van der Waals surface area contributed by atoms with Gasteiger partial charge in [0.15, 0.2) is 0 Å². The van der Waals surface area contributed by atoms with E-state index in [2.05, 4.69) is 27.4 Å². The van der Waals surface area contributed by atoms with E-state index >= 15 is 0 Å². The Morgan fingerprint density at radius 3 is 3.11 bits per heavy atom. The summed E-state index contributed by atoms with van der Waals surface area (Å²) in [6, 6.07) is 8.41. The van der Waals surface area contributed by atoms with Crippen molar-refractivity contribution >= 4 is 26.7 Å². The molecule has 9 heavy (non-hydrogen) atoms. The monoisotopic (exact) mass is 231 g/mol. The molecule has 1 heterocycles. The number of hydrogen-bond donors (Lipinski definition) is 0. The van der Waals surface area contributed by atoms with Crippen LogP contribution in [0, 0.1) is 0 Å². The number of benzene rings is 1. The lowest BCUT2D eigenvalue weighted by Gasteiger charge is -1.90. The highest BCUT2D eigenvalue weighted by Crippen LogP contribution is 2.33. The molecule has 0 bridgehead atoms. The summed E-state index contributed by atoms with van der Waals surface area (Å²) in [5.41, 5.74) is 2.69. The van der Waals surface area contributed by atoms with Crippen LogP contribution >= 0.6 is 21.0 Å².